The molecule has 2 amide bonds. The molecule has 0 radical (unpaired) electrons. The van der Waals surface area contributed by atoms with Gasteiger partial charge in [-0.15, -0.1) is 0 Å². The van der Waals surface area contributed by atoms with Gasteiger partial charge >= 0.3 is 11.6 Å². The molecule has 3 rings (SSSR count). The van der Waals surface area contributed by atoms with Gasteiger partial charge in [0.2, 0.25) is 5.91 Å². The first-order chi connectivity index (χ1) is 14.8. The number of anilines is 1. The van der Waals surface area contributed by atoms with E-state index in [4.69, 9.17) is 9.15 Å². The molecule has 1 heterocycles. The van der Waals surface area contributed by atoms with E-state index in [1.54, 1.807) is 43.3 Å². The van der Waals surface area contributed by atoms with E-state index in [1.165, 1.54) is 19.1 Å². The van der Waals surface area contributed by atoms with Crippen LogP contribution in [0.4, 0.5) is 5.69 Å². The summed E-state index contributed by atoms with van der Waals surface area (Å²) in [5.74, 6) is -1.04. The Balaban J connectivity index is 1.62. The second-order valence-corrected chi connectivity index (χ2v) is 7.09. The second kappa shape index (κ2) is 9.71. The van der Waals surface area contributed by atoms with Crippen LogP contribution in [-0.2, 0) is 20.9 Å². The molecule has 0 saturated heterocycles. The highest BCUT2D eigenvalue weighted by Crippen LogP contribution is 2.22. The highest BCUT2D eigenvalue weighted by Gasteiger charge is 2.15. The van der Waals surface area contributed by atoms with E-state index in [2.05, 4.69) is 10.6 Å². The first-order valence-corrected chi connectivity index (χ1v) is 9.67. The summed E-state index contributed by atoms with van der Waals surface area (Å²) in [5.41, 5.74) is 1.15. The van der Waals surface area contributed by atoms with Gasteiger partial charge in [0.15, 0.2) is 0 Å². The molecule has 1 aromatic heterocycles. The van der Waals surface area contributed by atoms with Crippen molar-refractivity contribution < 1.29 is 23.5 Å². The predicted octanol–water partition coefficient (Wildman–Crippen LogP) is 3.00. The summed E-state index contributed by atoms with van der Waals surface area (Å²) in [6.45, 7) is 2.96. The molecule has 1 atom stereocenters. The molecular weight excluding hydrogens is 400 g/mol. The molecule has 3 aromatic rings. The summed E-state index contributed by atoms with van der Waals surface area (Å²) in [6, 6.07) is 14.4. The maximum atomic E-state index is 12.2. The zero-order valence-corrected chi connectivity index (χ0v) is 17.1. The maximum Gasteiger partial charge on any atom is 0.336 e. The monoisotopic (exact) mass is 422 g/mol. The van der Waals surface area contributed by atoms with Crippen LogP contribution in [0.15, 0.2) is 63.8 Å². The number of esters is 1. The minimum atomic E-state index is -0.595. The van der Waals surface area contributed by atoms with Crippen molar-refractivity contribution in [2.24, 2.45) is 0 Å². The first-order valence-electron chi connectivity index (χ1n) is 9.67. The van der Waals surface area contributed by atoms with E-state index in [0.717, 1.165) is 0 Å². The van der Waals surface area contributed by atoms with Crippen LogP contribution in [0.3, 0.4) is 0 Å². The molecule has 0 unspecified atom stereocenters. The summed E-state index contributed by atoms with van der Waals surface area (Å²) >= 11 is 0. The van der Waals surface area contributed by atoms with Gasteiger partial charge in [-0.3, -0.25) is 14.4 Å². The van der Waals surface area contributed by atoms with Crippen LogP contribution in [0.1, 0.15) is 36.2 Å². The lowest BCUT2D eigenvalue weighted by Gasteiger charge is -2.14. The van der Waals surface area contributed by atoms with Gasteiger partial charge in [-0.2, -0.15) is 0 Å². The van der Waals surface area contributed by atoms with Gasteiger partial charge in [-0.25, -0.2) is 4.79 Å². The molecule has 160 valence electrons. The predicted molar refractivity (Wildman–Crippen MR) is 115 cm³/mol. The topological polar surface area (TPSA) is 115 Å². The third-order valence-electron chi connectivity index (χ3n) is 4.43. The zero-order chi connectivity index (χ0) is 22.4. The van der Waals surface area contributed by atoms with Gasteiger partial charge in [0.25, 0.3) is 5.91 Å². The number of benzene rings is 2. The number of carbonyl (C=O) groups is 3. The number of hydrogen-bond donors (Lipinski definition) is 2. The Labute approximate surface area is 178 Å². The summed E-state index contributed by atoms with van der Waals surface area (Å²) in [7, 11) is 0. The molecule has 0 aliphatic carbocycles. The summed E-state index contributed by atoms with van der Waals surface area (Å²) in [6.07, 6.45) is -0.0232. The van der Waals surface area contributed by atoms with Crippen molar-refractivity contribution >= 4 is 34.4 Å². The van der Waals surface area contributed by atoms with Crippen molar-refractivity contribution in [1.29, 1.82) is 0 Å². The quantitative estimate of drug-likeness (QED) is 0.447. The van der Waals surface area contributed by atoms with E-state index >= 15 is 0 Å². The van der Waals surface area contributed by atoms with Crippen molar-refractivity contribution in [2.75, 3.05) is 5.32 Å². The van der Waals surface area contributed by atoms with Crippen LogP contribution < -0.4 is 16.3 Å². The third kappa shape index (κ3) is 6.02. The molecule has 8 heteroatoms. The Morgan fingerprint density at radius 3 is 2.52 bits per heavy atom. The lowest BCUT2D eigenvalue weighted by Crippen LogP contribution is -2.34. The Bertz CT molecular complexity index is 1170. The molecule has 31 heavy (non-hydrogen) atoms. The fourth-order valence-corrected chi connectivity index (χ4v) is 3.05. The van der Waals surface area contributed by atoms with Crippen LogP contribution in [0.5, 0.6) is 0 Å². The van der Waals surface area contributed by atoms with Crippen LogP contribution in [0.2, 0.25) is 0 Å². The Morgan fingerprint density at radius 1 is 1.06 bits per heavy atom. The fourth-order valence-electron chi connectivity index (χ4n) is 3.05. The smallest absolute Gasteiger partial charge is 0.336 e. The van der Waals surface area contributed by atoms with Gasteiger partial charge in [-0.05, 0) is 31.2 Å². The van der Waals surface area contributed by atoms with Crippen molar-refractivity contribution in [1.82, 2.24) is 5.32 Å². The second-order valence-electron chi connectivity index (χ2n) is 7.09. The summed E-state index contributed by atoms with van der Waals surface area (Å²) in [5, 5.41) is 5.95. The van der Waals surface area contributed by atoms with Crippen molar-refractivity contribution in [3.63, 3.8) is 0 Å². The summed E-state index contributed by atoms with van der Waals surface area (Å²) in [4.78, 5) is 47.5. The van der Waals surface area contributed by atoms with E-state index in [1.807, 2.05) is 6.07 Å². The molecule has 8 nitrogen and oxygen atoms in total. The van der Waals surface area contributed by atoms with Gasteiger partial charge in [-0.1, -0.05) is 18.2 Å². The average Bonchev–Trinajstić information content (AvgIpc) is 2.71. The number of rotatable bonds is 7. The number of carbonyl (C=O) groups excluding carboxylic acids is 3. The molecule has 0 saturated carbocycles. The van der Waals surface area contributed by atoms with Crippen molar-refractivity contribution in [3.05, 3.63) is 76.1 Å². The minimum absolute atomic E-state index is 0.0232. The van der Waals surface area contributed by atoms with Crippen molar-refractivity contribution in [3.8, 4) is 0 Å². The van der Waals surface area contributed by atoms with Crippen LogP contribution in [0, 0.1) is 0 Å². The normalized spacial score (nSPS) is 11.5. The van der Waals surface area contributed by atoms with Crippen LogP contribution in [0.25, 0.3) is 11.0 Å². The highest BCUT2D eigenvalue weighted by atomic mass is 16.5. The number of ether oxygens (including phenoxy) is 1. The van der Waals surface area contributed by atoms with E-state index < -0.39 is 17.6 Å². The standard InChI is InChI=1S/C23H22N2O6/c1-14(24-23(29)16-6-4-3-5-7-16)10-21(27)30-13-17-11-22(28)31-20-12-18(25-15(2)26)8-9-19(17)20/h3-9,11-12,14H,10,13H2,1-2H3,(H,24,29)(H,25,26)/t14-/m0/s1. The van der Waals surface area contributed by atoms with Gasteiger partial charge < -0.3 is 19.8 Å². The molecule has 0 aliphatic heterocycles. The zero-order valence-electron chi connectivity index (χ0n) is 17.1. The number of amides is 2. The van der Waals surface area contributed by atoms with E-state index in [0.29, 0.717) is 22.2 Å². The Morgan fingerprint density at radius 2 is 1.81 bits per heavy atom. The Hall–Kier alpha value is -3.94. The maximum absolute atomic E-state index is 12.2. The number of hydrogen-bond acceptors (Lipinski definition) is 6. The number of fused-ring (bicyclic) bond motifs is 1. The fraction of sp³-hybridized carbons (Fsp3) is 0.217. The molecule has 0 bridgehead atoms. The lowest BCUT2D eigenvalue weighted by atomic mass is 10.1. The Kier molecular flexibility index (Phi) is 6.81. The first kappa shape index (κ1) is 21.8. The van der Waals surface area contributed by atoms with Gasteiger partial charge in [0, 0.05) is 47.3 Å². The van der Waals surface area contributed by atoms with E-state index in [-0.39, 0.29) is 30.4 Å². The lowest BCUT2D eigenvalue weighted by molar-refractivity contribution is -0.145. The van der Waals surface area contributed by atoms with Gasteiger partial charge in [0.05, 0.1) is 6.42 Å². The van der Waals surface area contributed by atoms with Crippen LogP contribution in [-0.4, -0.2) is 23.8 Å². The van der Waals surface area contributed by atoms with Crippen LogP contribution >= 0.6 is 0 Å². The average molecular weight is 422 g/mol. The SMILES string of the molecule is CC(=O)Nc1ccc2c(COC(=O)C[C@H](C)NC(=O)c3ccccc3)cc(=O)oc2c1. The van der Waals surface area contributed by atoms with E-state index in [9.17, 15) is 19.2 Å². The minimum Gasteiger partial charge on any atom is -0.461 e. The van der Waals surface area contributed by atoms with Crippen molar-refractivity contribution in [2.45, 2.75) is 32.9 Å². The molecule has 0 spiro atoms. The molecule has 0 aliphatic rings. The highest BCUT2D eigenvalue weighted by molar-refractivity contribution is 5.94. The molecule has 2 N–H and O–H groups in total. The largest absolute Gasteiger partial charge is 0.461 e. The molecule has 0 fully saturated rings. The summed E-state index contributed by atoms with van der Waals surface area (Å²) < 4.78 is 10.5. The number of nitrogens with one attached hydrogen (secondary N) is 2. The molecular formula is C23H22N2O6. The van der Waals surface area contributed by atoms with Gasteiger partial charge in [0.1, 0.15) is 12.2 Å². The third-order valence-corrected chi connectivity index (χ3v) is 4.43. The molecule has 2 aromatic carbocycles.